The molecule has 0 amide bonds. The van der Waals surface area contributed by atoms with Crippen LogP contribution in [0.5, 0.6) is 0 Å². The maximum atomic E-state index is 11.4. The van der Waals surface area contributed by atoms with Crippen molar-refractivity contribution in [2.75, 3.05) is 12.8 Å². The van der Waals surface area contributed by atoms with Gasteiger partial charge in [0.15, 0.2) is 0 Å². The zero-order valence-electron chi connectivity index (χ0n) is 10.8. The highest BCUT2D eigenvalue weighted by Crippen LogP contribution is 2.30. The van der Waals surface area contributed by atoms with Crippen LogP contribution in [-0.2, 0) is 10.5 Å². The number of carbonyl (C=O) groups is 1. The topological polar surface area (TPSA) is 65.2 Å². The largest absolute Gasteiger partial charge is 0.464 e. The average Bonchev–Trinajstić information content (AvgIpc) is 2.47. The van der Waals surface area contributed by atoms with Gasteiger partial charge in [-0.05, 0) is 30.3 Å². The van der Waals surface area contributed by atoms with Crippen molar-refractivity contribution in [3.63, 3.8) is 0 Å². The molecule has 0 saturated carbocycles. The second-order valence-corrected chi connectivity index (χ2v) is 5.91. The molecule has 0 aliphatic heterocycles. The Labute approximate surface area is 129 Å². The van der Waals surface area contributed by atoms with Crippen LogP contribution in [0.2, 0.25) is 0 Å². The molecule has 0 unspecified atom stereocenters. The summed E-state index contributed by atoms with van der Waals surface area (Å²) >= 11 is 4.99. The van der Waals surface area contributed by atoms with Crippen LogP contribution in [0.25, 0.3) is 0 Å². The molecule has 20 heavy (non-hydrogen) atoms. The minimum absolute atomic E-state index is 0.313. The number of esters is 1. The predicted molar refractivity (Wildman–Crippen MR) is 83.7 cm³/mol. The molecular weight excluding hydrogens is 340 g/mol. The number of ether oxygens (including phenoxy) is 1. The van der Waals surface area contributed by atoms with Gasteiger partial charge in [-0.15, -0.1) is 11.8 Å². The van der Waals surface area contributed by atoms with Gasteiger partial charge < -0.3 is 10.5 Å². The maximum absolute atomic E-state index is 11.4. The number of pyridine rings is 1. The second kappa shape index (κ2) is 6.76. The van der Waals surface area contributed by atoms with Crippen molar-refractivity contribution >= 4 is 39.3 Å². The lowest BCUT2D eigenvalue weighted by molar-refractivity contribution is 0.0594. The van der Waals surface area contributed by atoms with Gasteiger partial charge in [-0.1, -0.05) is 22.0 Å². The Hall–Kier alpha value is -1.53. The van der Waals surface area contributed by atoms with Crippen molar-refractivity contribution in [3.05, 3.63) is 52.3 Å². The average molecular weight is 353 g/mol. The van der Waals surface area contributed by atoms with Crippen LogP contribution in [0, 0.1) is 0 Å². The zero-order chi connectivity index (χ0) is 14.5. The molecule has 104 valence electrons. The van der Waals surface area contributed by atoms with Crippen LogP contribution in [0.15, 0.2) is 45.8 Å². The third-order valence-corrected chi connectivity index (χ3v) is 4.15. The Morgan fingerprint density at radius 3 is 2.95 bits per heavy atom. The maximum Gasteiger partial charge on any atom is 0.356 e. The SMILES string of the molecule is COC(=O)c1cccc(CSc2cc(Br)ccc2N)n1. The van der Waals surface area contributed by atoms with Crippen LogP contribution in [0.3, 0.4) is 0 Å². The summed E-state index contributed by atoms with van der Waals surface area (Å²) in [5.74, 6) is 0.199. The molecule has 0 spiro atoms. The molecule has 0 bridgehead atoms. The summed E-state index contributed by atoms with van der Waals surface area (Å²) in [6.45, 7) is 0. The van der Waals surface area contributed by atoms with Gasteiger partial charge in [0.05, 0.1) is 12.8 Å². The van der Waals surface area contributed by atoms with E-state index in [-0.39, 0.29) is 0 Å². The Balaban J connectivity index is 2.11. The number of rotatable bonds is 4. The van der Waals surface area contributed by atoms with Crippen LogP contribution in [-0.4, -0.2) is 18.1 Å². The van der Waals surface area contributed by atoms with Gasteiger partial charge >= 0.3 is 5.97 Å². The summed E-state index contributed by atoms with van der Waals surface area (Å²) in [5.41, 5.74) is 7.76. The van der Waals surface area contributed by atoms with Gasteiger partial charge in [0.1, 0.15) is 5.69 Å². The highest BCUT2D eigenvalue weighted by molar-refractivity contribution is 9.10. The lowest BCUT2D eigenvalue weighted by Crippen LogP contribution is -2.05. The van der Waals surface area contributed by atoms with E-state index in [1.54, 1.807) is 23.9 Å². The van der Waals surface area contributed by atoms with E-state index in [0.29, 0.717) is 11.4 Å². The lowest BCUT2D eigenvalue weighted by atomic mass is 10.3. The number of nitrogens with zero attached hydrogens (tertiary/aromatic N) is 1. The summed E-state index contributed by atoms with van der Waals surface area (Å²) in [6.07, 6.45) is 0. The number of thioether (sulfide) groups is 1. The standard InChI is InChI=1S/C14H13BrN2O2S/c1-19-14(18)12-4-2-3-10(17-12)8-20-13-7-9(15)5-6-11(13)16/h2-7H,8,16H2,1H3. The summed E-state index contributed by atoms with van der Waals surface area (Å²) in [7, 11) is 1.34. The first-order valence-electron chi connectivity index (χ1n) is 5.82. The van der Waals surface area contributed by atoms with Gasteiger partial charge in [-0.3, -0.25) is 0 Å². The van der Waals surface area contributed by atoms with E-state index in [2.05, 4.69) is 25.7 Å². The molecule has 4 nitrogen and oxygen atoms in total. The van der Waals surface area contributed by atoms with E-state index < -0.39 is 5.97 Å². The second-order valence-electron chi connectivity index (χ2n) is 3.98. The smallest absolute Gasteiger partial charge is 0.356 e. The van der Waals surface area contributed by atoms with Crippen molar-refractivity contribution in [2.45, 2.75) is 10.6 Å². The van der Waals surface area contributed by atoms with E-state index >= 15 is 0 Å². The van der Waals surface area contributed by atoms with Crippen molar-refractivity contribution in [3.8, 4) is 0 Å². The molecule has 2 aromatic rings. The van der Waals surface area contributed by atoms with Crippen molar-refractivity contribution in [1.82, 2.24) is 4.98 Å². The third-order valence-electron chi connectivity index (χ3n) is 2.55. The van der Waals surface area contributed by atoms with Gasteiger partial charge in [0.2, 0.25) is 0 Å². The molecule has 1 heterocycles. The van der Waals surface area contributed by atoms with Crippen LogP contribution < -0.4 is 5.73 Å². The van der Waals surface area contributed by atoms with Gasteiger partial charge in [-0.2, -0.15) is 0 Å². The summed E-state index contributed by atoms with van der Waals surface area (Å²) in [6, 6.07) is 11.0. The van der Waals surface area contributed by atoms with Gasteiger partial charge in [0.25, 0.3) is 0 Å². The predicted octanol–water partition coefficient (Wildman–Crippen LogP) is 3.51. The number of anilines is 1. The zero-order valence-corrected chi connectivity index (χ0v) is 13.2. The Kier molecular flexibility index (Phi) is 5.03. The van der Waals surface area contributed by atoms with Crippen LogP contribution >= 0.6 is 27.7 Å². The number of nitrogen functional groups attached to an aromatic ring is 1. The highest BCUT2D eigenvalue weighted by Gasteiger charge is 2.08. The summed E-state index contributed by atoms with van der Waals surface area (Å²) in [4.78, 5) is 16.7. The molecule has 6 heteroatoms. The van der Waals surface area contributed by atoms with E-state index in [9.17, 15) is 4.79 Å². The minimum atomic E-state index is -0.432. The van der Waals surface area contributed by atoms with Gasteiger partial charge in [0, 0.05) is 20.8 Å². The quantitative estimate of drug-likeness (QED) is 0.518. The van der Waals surface area contributed by atoms with E-state index in [1.165, 1.54) is 7.11 Å². The third kappa shape index (κ3) is 3.74. The molecule has 1 aromatic heterocycles. The molecule has 0 fully saturated rings. The molecule has 1 aromatic carbocycles. The monoisotopic (exact) mass is 352 g/mol. The highest BCUT2D eigenvalue weighted by atomic mass is 79.9. The van der Waals surface area contributed by atoms with E-state index in [0.717, 1.165) is 20.7 Å². The molecule has 2 rings (SSSR count). The first-order chi connectivity index (χ1) is 9.60. The van der Waals surface area contributed by atoms with Gasteiger partial charge in [-0.25, -0.2) is 9.78 Å². The summed E-state index contributed by atoms with van der Waals surface area (Å²) in [5, 5.41) is 0. The number of benzene rings is 1. The number of methoxy groups -OCH3 is 1. The number of aromatic nitrogens is 1. The summed E-state index contributed by atoms with van der Waals surface area (Å²) < 4.78 is 5.63. The number of nitrogens with two attached hydrogens (primary N) is 1. The van der Waals surface area contributed by atoms with Crippen LogP contribution in [0.4, 0.5) is 5.69 Å². The molecule has 2 N–H and O–H groups in total. The number of carbonyl (C=O) groups excluding carboxylic acids is 1. The fourth-order valence-corrected chi connectivity index (χ4v) is 2.98. The van der Waals surface area contributed by atoms with E-state index in [1.807, 2.05) is 24.3 Å². The van der Waals surface area contributed by atoms with Crippen LogP contribution in [0.1, 0.15) is 16.2 Å². The Morgan fingerprint density at radius 2 is 2.20 bits per heavy atom. The molecule has 0 aliphatic rings. The fraction of sp³-hybridized carbons (Fsp3) is 0.143. The minimum Gasteiger partial charge on any atom is -0.464 e. The normalized spacial score (nSPS) is 10.3. The molecule has 0 saturated heterocycles. The number of halogens is 1. The van der Waals surface area contributed by atoms with Crippen molar-refractivity contribution in [2.24, 2.45) is 0 Å². The van der Waals surface area contributed by atoms with Crippen molar-refractivity contribution < 1.29 is 9.53 Å². The molecule has 0 atom stereocenters. The Bertz CT molecular complexity index is 634. The van der Waals surface area contributed by atoms with Crippen molar-refractivity contribution in [1.29, 1.82) is 0 Å². The molecule has 0 aliphatic carbocycles. The Morgan fingerprint density at radius 1 is 1.40 bits per heavy atom. The molecule has 0 radical (unpaired) electrons. The first kappa shape index (κ1) is 14.9. The first-order valence-corrected chi connectivity index (χ1v) is 7.60. The fourth-order valence-electron chi connectivity index (χ4n) is 1.56. The number of hydrogen-bond donors (Lipinski definition) is 1. The van der Waals surface area contributed by atoms with E-state index in [4.69, 9.17) is 5.73 Å². The number of hydrogen-bond acceptors (Lipinski definition) is 5. The lowest BCUT2D eigenvalue weighted by Gasteiger charge is -2.06. The molecular formula is C14H13BrN2O2S.